The van der Waals surface area contributed by atoms with Crippen LogP contribution in [0.2, 0.25) is 0 Å². The third kappa shape index (κ3) is 1.76. The van der Waals surface area contributed by atoms with Crippen molar-refractivity contribution in [3.8, 4) is 11.5 Å². The van der Waals surface area contributed by atoms with Gasteiger partial charge in [-0.05, 0) is 12.1 Å². The van der Waals surface area contributed by atoms with Crippen molar-refractivity contribution in [2.45, 2.75) is 0 Å². The number of carboxylic acid groups (broad SMARTS) is 1. The first-order valence-electron chi connectivity index (χ1n) is 3.75. The molecule has 0 fully saturated rings. The molecular formula is C9H9FO4. The normalized spacial score (nSPS) is 9.64. The quantitative estimate of drug-likeness (QED) is 0.804. The van der Waals surface area contributed by atoms with Gasteiger partial charge in [-0.2, -0.15) is 4.39 Å². The van der Waals surface area contributed by atoms with Crippen LogP contribution >= 0.6 is 0 Å². The van der Waals surface area contributed by atoms with Crippen molar-refractivity contribution in [1.82, 2.24) is 0 Å². The number of hydrogen-bond acceptors (Lipinski definition) is 3. The Morgan fingerprint density at radius 3 is 2.00 bits per heavy atom. The number of rotatable bonds is 3. The predicted molar refractivity (Wildman–Crippen MR) is 46.5 cm³/mol. The second-order valence-corrected chi connectivity index (χ2v) is 2.50. The minimum Gasteiger partial charge on any atom is -0.494 e. The first-order valence-corrected chi connectivity index (χ1v) is 3.75. The van der Waals surface area contributed by atoms with E-state index in [9.17, 15) is 9.18 Å². The van der Waals surface area contributed by atoms with E-state index >= 15 is 0 Å². The Morgan fingerprint density at radius 2 is 1.71 bits per heavy atom. The molecule has 0 amide bonds. The molecule has 0 aliphatic heterocycles. The van der Waals surface area contributed by atoms with E-state index < -0.39 is 11.8 Å². The molecule has 4 nitrogen and oxygen atoms in total. The standard InChI is InChI=1S/C9H9FO4/c1-13-6-3-5(9(11)12)4-7(14-2)8(6)10/h3-4H,1-2H3,(H,11,12). The van der Waals surface area contributed by atoms with Crippen molar-refractivity contribution in [2.75, 3.05) is 14.2 Å². The third-order valence-corrected chi connectivity index (χ3v) is 1.69. The SMILES string of the molecule is COc1cc(C(=O)O)cc(OC)c1F. The molecule has 0 aromatic heterocycles. The van der Waals surface area contributed by atoms with Crippen LogP contribution in [0.3, 0.4) is 0 Å². The van der Waals surface area contributed by atoms with E-state index in [1.54, 1.807) is 0 Å². The average molecular weight is 200 g/mol. The maximum atomic E-state index is 13.3. The van der Waals surface area contributed by atoms with Gasteiger partial charge in [0.05, 0.1) is 19.8 Å². The lowest BCUT2D eigenvalue weighted by atomic mass is 10.2. The number of hydrogen-bond donors (Lipinski definition) is 1. The molecular weight excluding hydrogens is 191 g/mol. The van der Waals surface area contributed by atoms with Gasteiger partial charge in [-0.3, -0.25) is 0 Å². The lowest BCUT2D eigenvalue weighted by molar-refractivity contribution is 0.0696. The number of carboxylic acids is 1. The molecule has 0 unspecified atom stereocenters. The lowest BCUT2D eigenvalue weighted by Gasteiger charge is -2.07. The number of benzene rings is 1. The fraction of sp³-hybridized carbons (Fsp3) is 0.222. The van der Waals surface area contributed by atoms with E-state index in [1.165, 1.54) is 14.2 Å². The summed E-state index contributed by atoms with van der Waals surface area (Å²) in [4.78, 5) is 10.6. The zero-order valence-corrected chi connectivity index (χ0v) is 7.70. The molecule has 1 aromatic carbocycles. The Kier molecular flexibility index (Phi) is 2.91. The summed E-state index contributed by atoms with van der Waals surface area (Å²) in [5.41, 5.74) is -0.0832. The molecule has 1 N–H and O–H groups in total. The van der Waals surface area contributed by atoms with Crippen LogP contribution in [0, 0.1) is 5.82 Å². The Morgan fingerprint density at radius 1 is 1.29 bits per heavy atom. The second kappa shape index (κ2) is 3.95. The van der Waals surface area contributed by atoms with Crippen LogP contribution < -0.4 is 9.47 Å². The van der Waals surface area contributed by atoms with Gasteiger partial charge in [-0.25, -0.2) is 4.79 Å². The fourth-order valence-electron chi connectivity index (χ4n) is 0.993. The van der Waals surface area contributed by atoms with Crippen LogP contribution in [0.5, 0.6) is 11.5 Å². The maximum absolute atomic E-state index is 13.3. The first-order chi connectivity index (χ1) is 6.60. The first kappa shape index (κ1) is 10.3. The Balaban J connectivity index is 3.32. The number of ether oxygens (including phenoxy) is 2. The maximum Gasteiger partial charge on any atom is 0.335 e. The third-order valence-electron chi connectivity index (χ3n) is 1.69. The van der Waals surface area contributed by atoms with Crippen LogP contribution in [-0.2, 0) is 0 Å². The zero-order valence-electron chi connectivity index (χ0n) is 7.70. The Hall–Kier alpha value is -1.78. The van der Waals surface area contributed by atoms with Crippen molar-refractivity contribution in [3.63, 3.8) is 0 Å². The molecule has 5 heteroatoms. The van der Waals surface area contributed by atoms with Gasteiger partial charge in [0.2, 0.25) is 5.82 Å². The van der Waals surface area contributed by atoms with E-state index in [4.69, 9.17) is 5.11 Å². The van der Waals surface area contributed by atoms with Gasteiger partial charge >= 0.3 is 5.97 Å². The molecule has 0 aliphatic carbocycles. The largest absolute Gasteiger partial charge is 0.494 e. The number of aromatic carboxylic acids is 1. The van der Waals surface area contributed by atoms with Gasteiger partial charge in [0, 0.05) is 0 Å². The van der Waals surface area contributed by atoms with Gasteiger partial charge < -0.3 is 14.6 Å². The lowest BCUT2D eigenvalue weighted by Crippen LogP contribution is -2.01. The number of methoxy groups -OCH3 is 2. The molecule has 0 saturated heterocycles. The summed E-state index contributed by atoms with van der Waals surface area (Å²) in [5, 5.41) is 8.68. The van der Waals surface area contributed by atoms with Crippen LogP contribution in [-0.4, -0.2) is 25.3 Å². The van der Waals surface area contributed by atoms with Gasteiger partial charge in [-0.1, -0.05) is 0 Å². The molecule has 0 aliphatic rings. The fourth-order valence-corrected chi connectivity index (χ4v) is 0.993. The highest BCUT2D eigenvalue weighted by Gasteiger charge is 2.15. The van der Waals surface area contributed by atoms with E-state index in [0.29, 0.717) is 0 Å². The van der Waals surface area contributed by atoms with Crippen molar-refractivity contribution < 1.29 is 23.8 Å². The van der Waals surface area contributed by atoms with Crippen molar-refractivity contribution in [2.24, 2.45) is 0 Å². The van der Waals surface area contributed by atoms with Gasteiger partial charge in [0.15, 0.2) is 11.5 Å². The van der Waals surface area contributed by atoms with Crippen molar-refractivity contribution >= 4 is 5.97 Å². The summed E-state index contributed by atoms with van der Waals surface area (Å²) in [6, 6.07) is 2.19. The van der Waals surface area contributed by atoms with E-state index in [0.717, 1.165) is 12.1 Å². The second-order valence-electron chi connectivity index (χ2n) is 2.50. The summed E-state index contributed by atoms with van der Waals surface area (Å²) < 4.78 is 22.6. The Labute approximate surface area is 79.9 Å². The number of carbonyl (C=O) groups is 1. The van der Waals surface area contributed by atoms with E-state index in [-0.39, 0.29) is 17.1 Å². The summed E-state index contributed by atoms with van der Waals surface area (Å²) in [6.07, 6.45) is 0. The summed E-state index contributed by atoms with van der Waals surface area (Å²) in [5.74, 6) is -2.18. The Bertz CT molecular complexity index is 337. The molecule has 1 rings (SSSR count). The number of halogens is 1. The summed E-state index contributed by atoms with van der Waals surface area (Å²) >= 11 is 0. The van der Waals surface area contributed by atoms with Crippen molar-refractivity contribution in [1.29, 1.82) is 0 Å². The summed E-state index contributed by atoms with van der Waals surface area (Å²) in [6.45, 7) is 0. The molecule has 0 bridgehead atoms. The minimum atomic E-state index is -1.17. The molecule has 1 aromatic rings. The van der Waals surface area contributed by atoms with Crippen molar-refractivity contribution in [3.05, 3.63) is 23.5 Å². The topological polar surface area (TPSA) is 55.8 Å². The molecule has 0 spiro atoms. The van der Waals surface area contributed by atoms with Crippen LogP contribution in [0.15, 0.2) is 12.1 Å². The van der Waals surface area contributed by atoms with Gasteiger partial charge in [0.1, 0.15) is 0 Å². The predicted octanol–water partition coefficient (Wildman–Crippen LogP) is 1.54. The van der Waals surface area contributed by atoms with Crippen LogP contribution in [0.4, 0.5) is 4.39 Å². The molecule has 0 saturated carbocycles. The van der Waals surface area contributed by atoms with Crippen LogP contribution in [0.1, 0.15) is 10.4 Å². The molecule has 0 atom stereocenters. The zero-order chi connectivity index (χ0) is 10.7. The highest BCUT2D eigenvalue weighted by molar-refractivity contribution is 5.88. The smallest absolute Gasteiger partial charge is 0.335 e. The highest BCUT2D eigenvalue weighted by atomic mass is 19.1. The van der Waals surface area contributed by atoms with E-state index in [2.05, 4.69) is 9.47 Å². The monoisotopic (exact) mass is 200 g/mol. The highest BCUT2D eigenvalue weighted by Crippen LogP contribution is 2.28. The molecule has 0 radical (unpaired) electrons. The molecule has 76 valence electrons. The minimum absolute atomic E-state index is 0.0832. The van der Waals surface area contributed by atoms with Gasteiger partial charge in [0.25, 0.3) is 0 Å². The molecule has 14 heavy (non-hydrogen) atoms. The average Bonchev–Trinajstić information content (AvgIpc) is 2.17. The molecule has 0 heterocycles. The van der Waals surface area contributed by atoms with Crippen LogP contribution in [0.25, 0.3) is 0 Å². The summed E-state index contributed by atoms with van der Waals surface area (Å²) in [7, 11) is 2.51. The van der Waals surface area contributed by atoms with Gasteiger partial charge in [-0.15, -0.1) is 0 Å². The van der Waals surface area contributed by atoms with E-state index in [1.807, 2.05) is 0 Å².